The van der Waals surface area contributed by atoms with E-state index >= 15 is 0 Å². The summed E-state index contributed by atoms with van der Waals surface area (Å²) in [6.45, 7) is 4.20. The minimum absolute atomic E-state index is 1.01. The second kappa shape index (κ2) is 5.46. The third kappa shape index (κ3) is 2.52. The summed E-state index contributed by atoms with van der Waals surface area (Å²) < 4.78 is 0. The zero-order valence-corrected chi connectivity index (χ0v) is 11.0. The molecule has 18 heavy (non-hydrogen) atoms. The zero-order chi connectivity index (χ0) is 12.2. The van der Waals surface area contributed by atoms with Gasteiger partial charge in [0.2, 0.25) is 0 Å². The van der Waals surface area contributed by atoms with Crippen LogP contribution in [0.3, 0.4) is 0 Å². The first-order valence-electron chi connectivity index (χ1n) is 6.24. The lowest BCUT2D eigenvalue weighted by molar-refractivity contribution is 0.724. The number of aromatic nitrogens is 2. The second-order valence-electron chi connectivity index (χ2n) is 4.36. The fourth-order valence-corrected chi connectivity index (χ4v) is 2.81. The van der Waals surface area contributed by atoms with E-state index in [2.05, 4.69) is 43.1 Å². The van der Waals surface area contributed by atoms with Crippen molar-refractivity contribution in [3.05, 3.63) is 29.2 Å². The van der Waals surface area contributed by atoms with Gasteiger partial charge in [0.25, 0.3) is 0 Å². The zero-order valence-electron chi connectivity index (χ0n) is 10.2. The van der Waals surface area contributed by atoms with Crippen molar-refractivity contribution in [3.63, 3.8) is 0 Å². The van der Waals surface area contributed by atoms with Crippen LogP contribution < -0.4 is 10.2 Å². The molecule has 0 atom stereocenters. The summed E-state index contributed by atoms with van der Waals surface area (Å²) in [6, 6.07) is 4.19. The van der Waals surface area contributed by atoms with Crippen LogP contribution in [0.4, 0.5) is 5.82 Å². The molecule has 3 heterocycles. The number of hydrogen-bond acceptors (Lipinski definition) is 5. The lowest BCUT2D eigenvalue weighted by atomic mass is 10.2. The highest BCUT2D eigenvalue weighted by molar-refractivity contribution is 7.08. The van der Waals surface area contributed by atoms with E-state index in [1.165, 1.54) is 5.56 Å². The molecule has 1 N–H and O–H groups in total. The van der Waals surface area contributed by atoms with Crippen molar-refractivity contribution in [1.82, 2.24) is 15.3 Å². The first-order chi connectivity index (χ1) is 8.93. The molecule has 1 aliphatic heterocycles. The third-order valence-corrected chi connectivity index (χ3v) is 3.82. The molecule has 0 aromatic carbocycles. The van der Waals surface area contributed by atoms with Gasteiger partial charge in [-0.1, -0.05) is 0 Å². The molecule has 0 aliphatic carbocycles. The van der Waals surface area contributed by atoms with Gasteiger partial charge in [0.05, 0.1) is 5.69 Å². The van der Waals surface area contributed by atoms with Gasteiger partial charge in [-0.3, -0.25) is 0 Å². The van der Waals surface area contributed by atoms with Gasteiger partial charge in [0.15, 0.2) is 0 Å². The van der Waals surface area contributed by atoms with Gasteiger partial charge >= 0.3 is 0 Å². The number of nitrogens with zero attached hydrogens (tertiary/aromatic N) is 3. The standard InChI is InChI=1S/C13H16N4S/c1-3-14-4-6-17(5-1)13-8-12(15-10-16-13)11-2-7-18-9-11/h2,7-10,14H,1,3-6H2. The van der Waals surface area contributed by atoms with Crippen molar-refractivity contribution < 1.29 is 0 Å². The summed E-state index contributed by atoms with van der Waals surface area (Å²) in [4.78, 5) is 11.1. The Bertz CT molecular complexity index is 489. The summed E-state index contributed by atoms with van der Waals surface area (Å²) >= 11 is 1.70. The van der Waals surface area contributed by atoms with E-state index in [0.717, 1.165) is 44.1 Å². The van der Waals surface area contributed by atoms with Crippen molar-refractivity contribution in [2.75, 3.05) is 31.1 Å². The average Bonchev–Trinajstić information content (AvgIpc) is 2.82. The van der Waals surface area contributed by atoms with Crippen molar-refractivity contribution >= 4 is 17.2 Å². The Morgan fingerprint density at radius 2 is 2.22 bits per heavy atom. The van der Waals surface area contributed by atoms with Gasteiger partial charge in [-0.05, 0) is 24.4 Å². The van der Waals surface area contributed by atoms with E-state index in [4.69, 9.17) is 0 Å². The Hall–Kier alpha value is -1.46. The fourth-order valence-electron chi connectivity index (χ4n) is 2.16. The predicted octanol–water partition coefficient (Wildman–Crippen LogP) is 2.00. The van der Waals surface area contributed by atoms with E-state index < -0.39 is 0 Å². The molecule has 0 unspecified atom stereocenters. The van der Waals surface area contributed by atoms with Crippen molar-refractivity contribution in [1.29, 1.82) is 0 Å². The lowest BCUT2D eigenvalue weighted by Crippen LogP contribution is -2.28. The molecule has 1 aliphatic rings. The fraction of sp³-hybridized carbons (Fsp3) is 0.385. The van der Waals surface area contributed by atoms with Crippen LogP contribution in [0.1, 0.15) is 6.42 Å². The maximum atomic E-state index is 4.41. The van der Waals surface area contributed by atoms with E-state index in [1.807, 2.05) is 0 Å². The molecular weight excluding hydrogens is 244 g/mol. The molecule has 1 saturated heterocycles. The number of thiophene rings is 1. The normalized spacial score (nSPS) is 16.6. The Morgan fingerprint density at radius 1 is 1.22 bits per heavy atom. The summed E-state index contributed by atoms with van der Waals surface area (Å²) in [5.41, 5.74) is 2.19. The first kappa shape index (κ1) is 11.6. The van der Waals surface area contributed by atoms with Crippen LogP contribution in [0.2, 0.25) is 0 Å². The highest BCUT2D eigenvalue weighted by Crippen LogP contribution is 2.22. The summed E-state index contributed by atoms with van der Waals surface area (Å²) in [5.74, 6) is 1.04. The van der Waals surface area contributed by atoms with Crippen LogP contribution in [0.15, 0.2) is 29.2 Å². The van der Waals surface area contributed by atoms with Gasteiger partial charge < -0.3 is 10.2 Å². The van der Waals surface area contributed by atoms with E-state index in [1.54, 1.807) is 17.7 Å². The predicted molar refractivity (Wildman–Crippen MR) is 75.0 cm³/mol. The first-order valence-corrected chi connectivity index (χ1v) is 7.18. The van der Waals surface area contributed by atoms with Crippen molar-refractivity contribution in [2.45, 2.75) is 6.42 Å². The quantitative estimate of drug-likeness (QED) is 0.896. The van der Waals surface area contributed by atoms with E-state index in [-0.39, 0.29) is 0 Å². The molecule has 0 bridgehead atoms. The minimum atomic E-state index is 1.01. The van der Waals surface area contributed by atoms with Gasteiger partial charge in [-0.25, -0.2) is 9.97 Å². The lowest BCUT2D eigenvalue weighted by Gasteiger charge is -2.21. The molecule has 2 aromatic heterocycles. The Labute approximate surface area is 111 Å². The highest BCUT2D eigenvalue weighted by atomic mass is 32.1. The van der Waals surface area contributed by atoms with Crippen LogP contribution in [0.5, 0.6) is 0 Å². The van der Waals surface area contributed by atoms with Crippen LogP contribution in [-0.4, -0.2) is 36.1 Å². The second-order valence-corrected chi connectivity index (χ2v) is 5.14. The molecule has 5 heteroatoms. The van der Waals surface area contributed by atoms with Crippen LogP contribution in [0, 0.1) is 0 Å². The topological polar surface area (TPSA) is 41.1 Å². The van der Waals surface area contributed by atoms with Gasteiger partial charge in [-0.15, -0.1) is 0 Å². The van der Waals surface area contributed by atoms with Crippen LogP contribution in [0.25, 0.3) is 11.3 Å². The Balaban J connectivity index is 1.86. The molecule has 3 rings (SSSR count). The molecule has 1 fully saturated rings. The smallest absolute Gasteiger partial charge is 0.132 e. The molecular formula is C13H16N4S. The highest BCUT2D eigenvalue weighted by Gasteiger charge is 2.11. The van der Waals surface area contributed by atoms with Gasteiger partial charge in [0.1, 0.15) is 12.1 Å². The summed E-state index contributed by atoms with van der Waals surface area (Å²) in [7, 11) is 0. The Kier molecular flexibility index (Phi) is 3.52. The van der Waals surface area contributed by atoms with Gasteiger partial charge in [-0.2, -0.15) is 11.3 Å². The minimum Gasteiger partial charge on any atom is -0.355 e. The largest absolute Gasteiger partial charge is 0.355 e. The molecule has 0 radical (unpaired) electrons. The number of hydrogen-bond donors (Lipinski definition) is 1. The monoisotopic (exact) mass is 260 g/mol. The number of anilines is 1. The van der Waals surface area contributed by atoms with Crippen molar-refractivity contribution in [3.8, 4) is 11.3 Å². The van der Waals surface area contributed by atoms with Crippen LogP contribution in [-0.2, 0) is 0 Å². The molecule has 0 amide bonds. The Morgan fingerprint density at radius 3 is 3.11 bits per heavy atom. The maximum absolute atomic E-state index is 4.41. The molecule has 0 saturated carbocycles. The maximum Gasteiger partial charge on any atom is 0.132 e. The van der Waals surface area contributed by atoms with Crippen LogP contribution >= 0.6 is 11.3 Å². The average molecular weight is 260 g/mol. The third-order valence-electron chi connectivity index (χ3n) is 3.13. The summed E-state index contributed by atoms with van der Waals surface area (Å²) in [5, 5.41) is 7.60. The van der Waals surface area contributed by atoms with Crippen molar-refractivity contribution in [2.24, 2.45) is 0 Å². The van der Waals surface area contributed by atoms with Gasteiger partial charge in [0, 0.05) is 36.6 Å². The van der Waals surface area contributed by atoms with E-state index in [0.29, 0.717) is 0 Å². The molecule has 94 valence electrons. The molecule has 0 spiro atoms. The summed E-state index contributed by atoms with van der Waals surface area (Å²) in [6.07, 6.45) is 2.83. The SMILES string of the molecule is c1nc(-c2ccsc2)cc(N2CCCNCC2)n1. The number of rotatable bonds is 2. The van der Waals surface area contributed by atoms with E-state index in [9.17, 15) is 0 Å². The molecule has 4 nitrogen and oxygen atoms in total. The molecule has 2 aromatic rings. The number of nitrogens with one attached hydrogen (secondary N) is 1.